The smallest absolute Gasteiger partial charge is 0.161 e. The minimum absolute atomic E-state index is 0.477. The fraction of sp³-hybridized carbons (Fsp3) is 0.143. The molecule has 0 atom stereocenters. The molecule has 5 heteroatoms. The Morgan fingerprint density at radius 3 is 2.42 bits per heavy atom. The van der Waals surface area contributed by atoms with Crippen LogP contribution in [0.5, 0.6) is 11.5 Å². The molecule has 0 spiro atoms. The van der Waals surface area contributed by atoms with Crippen LogP contribution >= 0.6 is 15.9 Å². The molecule has 3 rings (SSSR count). The molecule has 0 radical (unpaired) electrons. The van der Waals surface area contributed by atoms with Gasteiger partial charge in [-0.2, -0.15) is 0 Å². The molecule has 3 aromatic rings. The summed E-state index contributed by atoms with van der Waals surface area (Å²) in [6.07, 6.45) is 0. The fourth-order valence-corrected chi connectivity index (χ4v) is 2.88. The first-order valence-electron chi connectivity index (χ1n) is 8.33. The second-order valence-corrected chi connectivity index (χ2v) is 6.56. The molecule has 3 aromatic carbocycles. The predicted molar refractivity (Wildman–Crippen MR) is 108 cm³/mol. The lowest BCUT2D eigenvalue weighted by Gasteiger charge is -2.14. The maximum atomic E-state index is 5.93. The maximum absolute atomic E-state index is 5.93. The van der Waals surface area contributed by atoms with E-state index >= 15 is 0 Å². The van der Waals surface area contributed by atoms with Crippen LogP contribution in [0.3, 0.4) is 0 Å². The van der Waals surface area contributed by atoms with E-state index in [1.165, 1.54) is 0 Å². The van der Waals surface area contributed by atoms with Crippen LogP contribution in [-0.2, 0) is 13.2 Å². The Kier molecular flexibility index (Phi) is 6.52. The van der Waals surface area contributed by atoms with Crippen LogP contribution in [0.15, 0.2) is 77.3 Å². The highest BCUT2D eigenvalue weighted by Gasteiger charge is 2.07. The number of benzene rings is 3. The normalized spacial score (nSPS) is 10.4. The molecule has 0 saturated carbocycles. The van der Waals surface area contributed by atoms with Crippen molar-refractivity contribution in [3.8, 4) is 11.5 Å². The van der Waals surface area contributed by atoms with Gasteiger partial charge in [0.25, 0.3) is 0 Å². The average molecular weight is 413 g/mol. The minimum Gasteiger partial charge on any atom is -0.493 e. The molecular formula is C21H21BrN2O2. The molecule has 0 saturated heterocycles. The average Bonchev–Trinajstić information content (AvgIpc) is 2.68. The Labute approximate surface area is 162 Å². The van der Waals surface area contributed by atoms with Crippen molar-refractivity contribution in [3.05, 3.63) is 88.4 Å². The highest BCUT2D eigenvalue weighted by atomic mass is 79.9. The quantitative estimate of drug-likeness (QED) is 0.501. The number of halogens is 1. The second kappa shape index (κ2) is 9.27. The van der Waals surface area contributed by atoms with Crippen LogP contribution < -0.4 is 20.3 Å². The highest BCUT2D eigenvalue weighted by molar-refractivity contribution is 9.10. The van der Waals surface area contributed by atoms with E-state index in [9.17, 15) is 0 Å². The van der Waals surface area contributed by atoms with E-state index in [1.807, 2.05) is 72.8 Å². The SMILES string of the molecule is COc1cc(CNNc2ccccc2)ccc1OCc1ccccc1Br. The van der Waals surface area contributed by atoms with Gasteiger partial charge in [-0.1, -0.05) is 58.4 Å². The molecule has 0 amide bonds. The Hall–Kier alpha value is -2.50. The third kappa shape index (κ3) is 5.00. The van der Waals surface area contributed by atoms with E-state index in [2.05, 4.69) is 26.8 Å². The summed E-state index contributed by atoms with van der Waals surface area (Å²) in [7, 11) is 1.65. The van der Waals surface area contributed by atoms with E-state index in [0.717, 1.165) is 32.8 Å². The topological polar surface area (TPSA) is 42.5 Å². The van der Waals surface area contributed by atoms with Crippen LogP contribution in [0, 0.1) is 0 Å². The van der Waals surface area contributed by atoms with E-state index < -0.39 is 0 Å². The number of para-hydroxylation sites is 1. The van der Waals surface area contributed by atoms with E-state index in [-0.39, 0.29) is 0 Å². The van der Waals surface area contributed by atoms with Gasteiger partial charge in [0.05, 0.1) is 7.11 Å². The number of ether oxygens (including phenoxy) is 2. The molecular weight excluding hydrogens is 392 g/mol. The van der Waals surface area contributed by atoms with Crippen LogP contribution in [0.4, 0.5) is 5.69 Å². The Morgan fingerprint density at radius 2 is 1.65 bits per heavy atom. The molecule has 0 aliphatic rings. The van der Waals surface area contributed by atoms with E-state index in [1.54, 1.807) is 7.11 Å². The summed E-state index contributed by atoms with van der Waals surface area (Å²) in [4.78, 5) is 0. The summed E-state index contributed by atoms with van der Waals surface area (Å²) in [5.74, 6) is 1.44. The third-order valence-electron chi connectivity index (χ3n) is 3.87. The number of anilines is 1. The summed E-state index contributed by atoms with van der Waals surface area (Å²) >= 11 is 3.54. The Bertz CT molecular complexity index is 840. The van der Waals surface area contributed by atoms with Crippen LogP contribution in [0.2, 0.25) is 0 Å². The fourth-order valence-electron chi connectivity index (χ4n) is 2.48. The lowest BCUT2D eigenvalue weighted by Crippen LogP contribution is -2.20. The molecule has 0 aliphatic heterocycles. The molecule has 4 nitrogen and oxygen atoms in total. The van der Waals surface area contributed by atoms with Crippen molar-refractivity contribution >= 4 is 21.6 Å². The minimum atomic E-state index is 0.477. The summed E-state index contributed by atoms with van der Waals surface area (Å²) in [6.45, 7) is 1.14. The van der Waals surface area contributed by atoms with Crippen molar-refractivity contribution in [1.82, 2.24) is 5.43 Å². The molecule has 2 N–H and O–H groups in total. The zero-order valence-electron chi connectivity index (χ0n) is 14.5. The number of hydrogen-bond donors (Lipinski definition) is 2. The van der Waals surface area contributed by atoms with Gasteiger partial charge in [0.1, 0.15) is 6.61 Å². The van der Waals surface area contributed by atoms with Gasteiger partial charge in [0.2, 0.25) is 0 Å². The summed E-state index contributed by atoms with van der Waals surface area (Å²) in [6, 6.07) is 23.9. The van der Waals surface area contributed by atoms with Crippen molar-refractivity contribution < 1.29 is 9.47 Å². The molecule has 0 aliphatic carbocycles. The Morgan fingerprint density at radius 1 is 0.885 bits per heavy atom. The van der Waals surface area contributed by atoms with Crippen molar-refractivity contribution in [2.45, 2.75) is 13.2 Å². The third-order valence-corrected chi connectivity index (χ3v) is 4.64. The van der Waals surface area contributed by atoms with Crippen molar-refractivity contribution in [3.63, 3.8) is 0 Å². The number of nitrogens with one attached hydrogen (secondary N) is 2. The number of methoxy groups -OCH3 is 1. The van der Waals surface area contributed by atoms with Gasteiger partial charge >= 0.3 is 0 Å². The zero-order valence-corrected chi connectivity index (χ0v) is 16.1. The monoisotopic (exact) mass is 412 g/mol. The van der Waals surface area contributed by atoms with Gasteiger partial charge in [0, 0.05) is 22.3 Å². The van der Waals surface area contributed by atoms with Gasteiger partial charge < -0.3 is 14.9 Å². The molecule has 0 bridgehead atoms. The summed E-state index contributed by atoms with van der Waals surface area (Å²) in [5.41, 5.74) is 9.58. The van der Waals surface area contributed by atoms with Gasteiger partial charge in [-0.3, -0.25) is 0 Å². The number of hydrazine groups is 1. The van der Waals surface area contributed by atoms with Crippen molar-refractivity contribution in [2.24, 2.45) is 0 Å². The molecule has 0 aromatic heterocycles. The molecule has 0 unspecified atom stereocenters. The molecule has 134 valence electrons. The summed E-state index contributed by atoms with van der Waals surface area (Å²) < 4.78 is 12.5. The highest BCUT2D eigenvalue weighted by Crippen LogP contribution is 2.29. The van der Waals surface area contributed by atoms with E-state index in [4.69, 9.17) is 9.47 Å². The lowest BCUT2D eigenvalue weighted by atomic mass is 10.2. The van der Waals surface area contributed by atoms with Gasteiger partial charge in [-0.15, -0.1) is 0 Å². The largest absolute Gasteiger partial charge is 0.493 e. The number of rotatable bonds is 8. The molecule has 0 heterocycles. The van der Waals surface area contributed by atoms with Crippen LogP contribution in [0.1, 0.15) is 11.1 Å². The first-order chi connectivity index (χ1) is 12.8. The van der Waals surface area contributed by atoms with Gasteiger partial charge in [-0.25, -0.2) is 5.43 Å². The standard InChI is InChI=1S/C21H21BrN2O2/c1-25-21-13-16(14-23-24-18-8-3-2-4-9-18)11-12-20(21)26-15-17-7-5-6-10-19(17)22/h2-13,23-24H,14-15H2,1H3. The first kappa shape index (κ1) is 18.3. The van der Waals surface area contributed by atoms with Gasteiger partial charge in [0.15, 0.2) is 11.5 Å². The lowest BCUT2D eigenvalue weighted by molar-refractivity contribution is 0.283. The predicted octanol–water partition coefficient (Wildman–Crippen LogP) is 5.15. The van der Waals surface area contributed by atoms with Crippen molar-refractivity contribution in [2.75, 3.05) is 12.5 Å². The van der Waals surface area contributed by atoms with Gasteiger partial charge in [-0.05, 0) is 35.9 Å². The molecule has 0 fully saturated rings. The van der Waals surface area contributed by atoms with Crippen LogP contribution in [0.25, 0.3) is 0 Å². The Balaban J connectivity index is 1.59. The number of hydrogen-bond acceptors (Lipinski definition) is 4. The van der Waals surface area contributed by atoms with E-state index in [0.29, 0.717) is 13.2 Å². The zero-order chi connectivity index (χ0) is 18.2. The van der Waals surface area contributed by atoms with Crippen LogP contribution in [-0.4, -0.2) is 7.11 Å². The maximum Gasteiger partial charge on any atom is 0.161 e. The summed E-state index contributed by atoms with van der Waals surface area (Å²) in [5, 5.41) is 0. The van der Waals surface area contributed by atoms with Crippen molar-refractivity contribution in [1.29, 1.82) is 0 Å². The second-order valence-electron chi connectivity index (χ2n) is 5.71. The first-order valence-corrected chi connectivity index (χ1v) is 9.12. The molecule has 26 heavy (non-hydrogen) atoms.